The second-order valence-electron chi connectivity index (χ2n) is 7.23. The Morgan fingerprint density at radius 1 is 1.15 bits per heavy atom. The van der Waals surface area contributed by atoms with E-state index in [9.17, 15) is 23.1 Å². The molecule has 1 saturated heterocycles. The van der Waals surface area contributed by atoms with Gasteiger partial charge in [0, 0.05) is 25.0 Å². The second-order valence-corrected chi connectivity index (χ2v) is 8.99. The molecule has 150 valence electrons. The van der Waals surface area contributed by atoms with Crippen LogP contribution in [0.25, 0.3) is 0 Å². The summed E-state index contributed by atoms with van der Waals surface area (Å²) in [7, 11) is -3.66. The van der Waals surface area contributed by atoms with Gasteiger partial charge in [-0.25, -0.2) is 13.1 Å². The lowest BCUT2D eigenvalue weighted by Gasteiger charge is -2.30. The molecule has 0 bridgehead atoms. The minimum atomic E-state index is -3.66. The molecule has 1 fully saturated rings. The number of rotatable bonds is 9. The Balaban J connectivity index is 2.09. The molecule has 7 nitrogen and oxygen atoms in total. The zero-order valence-electron chi connectivity index (χ0n) is 15.8. The highest BCUT2D eigenvalue weighted by molar-refractivity contribution is 7.88. The Kier molecular flexibility index (Phi) is 7.38. The molecule has 1 aromatic rings. The molecule has 2 rings (SSSR count). The molecule has 8 heteroatoms. The normalized spacial score (nSPS) is 18.1. The number of carboxylic acid groups (broad SMARTS) is 1. The van der Waals surface area contributed by atoms with Crippen molar-refractivity contribution in [2.75, 3.05) is 13.1 Å². The summed E-state index contributed by atoms with van der Waals surface area (Å²) in [5, 5.41) is 9.26. The lowest BCUT2D eigenvalue weighted by atomic mass is 9.84. The highest BCUT2D eigenvalue weighted by atomic mass is 32.2. The van der Waals surface area contributed by atoms with E-state index in [-0.39, 0.29) is 18.1 Å². The number of nitrogens with zero attached hydrogens (tertiary/aromatic N) is 1. The summed E-state index contributed by atoms with van der Waals surface area (Å²) < 4.78 is 27.6. The maximum Gasteiger partial charge on any atom is 0.303 e. The summed E-state index contributed by atoms with van der Waals surface area (Å²) in [6.45, 7) is 4.67. The molecule has 1 amide bonds. The molecule has 0 aliphatic carbocycles. The van der Waals surface area contributed by atoms with Crippen LogP contribution >= 0.6 is 0 Å². The predicted octanol–water partition coefficient (Wildman–Crippen LogP) is 1.84. The number of aliphatic carboxylic acids is 1. The number of hydrogen-bond donors (Lipinski definition) is 2. The number of benzene rings is 1. The van der Waals surface area contributed by atoms with E-state index in [1.54, 1.807) is 49.1 Å². The van der Waals surface area contributed by atoms with Crippen LogP contribution in [-0.2, 0) is 25.4 Å². The van der Waals surface area contributed by atoms with E-state index >= 15 is 0 Å². The first-order valence-electron chi connectivity index (χ1n) is 9.24. The lowest BCUT2D eigenvalue weighted by Crippen LogP contribution is -2.46. The van der Waals surface area contributed by atoms with Crippen LogP contribution in [0.15, 0.2) is 30.3 Å². The van der Waals surface area contributed by atoms with E-state index in [0.717, 1.165) is 12.8 Å². The fourth-order valence-corrected chi connectivity index (χ4v) is 5.06. The highest BCUT2D eigenvalue weighted by Gasteiger charge is 2.35. The summed E-state index contributed by atoms with van der Waals surface area (Å²) >= 11 is 0. The second kappa shape index (κ2) is 9.32. The number of hydrogen-bond acceptors (Lipinski definition) is 4. The molecule has 3 unspecified atom stereocenters. The maximum atomic E-state index is 12.7. The van der Waals surface area contributed by atoms with Crippen LogP contribution in [0.5, 0.6) is 0 Å². The minimum Gasteiger partial charge on any atom is -0.481 e. The topological polar surface area (TPSA) is 104 Å². The van der Waals surface area contributed by atoms with Crippen molar-refractivity contribution in [3.63, 3.8) is 0 Å². The van der Waals surface area contributed by atoms with Crippen LogP contribution in [0.1, 0.15) is 38.7 Å². The van der Waals surface area contributed by atoms with E-state index in [0.29, 0.717) is 18.7 Å². The fraction of sp³-hybridized carbons (Fsp3) is 0.579. The van der Waals surface area contributed by atoms with E-state index in [4.69, 9.17) is 0 Å². The molecule has 2 N–H and O–H groups in total. The molecule has 1 aliphatic rings. The molecule has 27 heavy (non-hydrogen) atoms. The van der Waals surface area contributed by atoms with Crippen molar-refractivity contribution in [2.45, 2.75) is 44.9 Å². The first-order chi connectivity index (χ1) is 12.7. The molecular formula is C19H28N2O5S. The third-order valence-electron chi connectivity index (χ3n) is 5.07. The zero-order valence-corrected chi connectivity index (χ0v) is 16.6. The molecule has 0 spiro atoms. The Hall–Kier alpha value is -1.93. The molecule has 0 radical (unpaired) electrons. The van der Waals surface area contributed by atoms with Gasteiger partial charge >= 0.3 is 5.97 Å². The van der Waals surface area contributed by atoms with Gasteiger partial charge in [-0.3, -0.25) is 9.59 Å². The van der Waals surface area contributed by atoms with Gasteiger partial charge in [0.2, 0.25) is 15.9 Å². The summed E-state index contributed by atoms with van der Waals surface area (Å²) in [6, 6.07) is 8.10. The number of nitrogens with one attached hydrogen (secondary N) is 1. The number of carbonyl (C=O) groups is 2. The van der Waals surface area contributed by atoms with Crippen LogP contribution in [0.4, 0.5) is 0 Å². The van der Waals surface area contributed by atoms with Gasteiger partial charge in [0.25, 0.3) is 0 Å². The Morgan fingerprint density at radius 3 is 2.30 bits per heavy atom. The number of carbonyl (C=O) groups excluding carboxylic acids is 1. The lowest BCUT2D eigenvalue weighted by molar-refractivity contribution is -0.141. The van der Waals surface area contributed by atoms with Gasteiger partial charge < -0.3 is 10.0 Å². The number of carboxylic acids is 1. The van der Waals surface area contributed by atoms with Gasteiger partial charge in [-0.15, -0.1) is 0 Å². The van der Waals surface area contributed by atoms with Crippen LogP contribution in [0.3, 0.4) is 0 Å². The maximum absolute atomic E-state index is 12.7. The van der Waals surface area contributed by atoms with Crippen LogP contribution < -0.4 is 4.72 Å². The minimum absolute atomic E-state index is 0.104. The average molecular weight is 397 g/mol. The molecule has 1 heterocycles. The average Bonchev–Trinajstić information content (AvgIpc) is 3.12. The predicted molar refractivity (Wildman–Crippen MR) is 102 cm³/mol. The number of sulfonamides is 1. The van der Waals surface area contributed by atoms with Crippen molar-refractivity contribution in [3.8, 4) is 0 Å². The van der Waals surface area contributed by atoms with E-state index in [1.807, 2.05) is 0 Å². The smallest absolute Gasteiger partial charge is 0.303 e. The number of amides is 1. The van der Waals surface area contributed by atoms with Crippen molar-refractivity contribution >= 4 is 21.9 Å². The summed E-state index contributed by atoms with van der Waals surface area (Å²) in [5.41, 5.74) is 0.646. The van der Waals surface area contributed by atoms with Gasteiger partial charge in [0.05, 0.1) is 12.2 Å². The van der Waals surface area contributed by atoms with Crippen molar-refractivity contribution in [1.29, 1.82) is 0 Å². The van der Waals surface area contributed by atoms with Crippen molar-refractivity contribution in [1.82, 2.24) is 9.62 Å². The fourth-order valence-electron chi connectivity index (χ4n) is 3.60. The Labute approximate surface area is 160 Å². The van der Waals surface area contributed by atoms with E-state index < -0.39 is 33.9 Å². The van der Waals surface area contributed by atoms with Crippen LogP contribution in [0.2, 0.25) is 0 Å². The Bertz CT molecular complexity index is 745. The van der Waals surface area contributed by atoms with E-state index in [2.05, 4.69) is 4.72 Å². The molecule has 0 saturated carbocycles. The molecule has 3 atom stereocenters. The van der Waals surface area contributed by atoms with Gasteiger partial charge in [-0.1, -0.05) is 37.3 Å². The first-order valence-corrected chi connectivity index (χ1v) is 10.9. The number of likely N-dealkylation sites (tertiary alicyclic amines) is 1. The van der Waals surface area contributed by atoms with Crippen molar-refractivity contribution < 1.29 is 23.1 Å². The molecule has 0 aromatic heterocycles. The highest BCUT2D eigenvalue weighted by Crippen LogP contribution is 2.25. The summed E-state index contributed by atoms with van der Waals surface area (Å²) in [4.78, 5) is 25.7. The largest absolute Gasteiger partial charge is 0.481 e. The SMILES string of the molecule is CC(NS(=O)(=O)Cc1ccccc1)C(CC(=O)O)C(C)C(=O)N1CCCC1. The van der Waals surface area contributed by atoms with Crippen molar-refractivity contribution in [2.24, 2.45) is 11.8 Å². The monoisotopic (exact) mass is 396 g/mol. The van der Waals surface area contributed by atoms with Crippen LogP contribution in [0, 0.1) is 11.8 Å². The third kappa shape index (κ3) is 6.32. The summed E-state index contributed by atoms with van der Waals surface area (Å²) in [5.74, 6) is -2.54. The van der Waals surface area contributed by atoms with E-state index in [1.165, 1.54) is 0 Å². The standard InChI is InChI=1S/C19H28N2O5S/c1-14(19(24)21-10-6-7-11-21)17(12-18(22)23)15(2)20-27(25,26)13-16-8-4-3-5-9-16/h3-5,8-9,14-15,17,20H,6-7,10-13H2,1-2H3,(H,22,23). The zero-order chi connectivity index (χ0) is 20.0. The van der Waals surface area contributed by atoms with Crippen LogP contribution in [-0.4, -0.2) is 49.4 Å². The first kappa shape index (κ1) is 21.4. The van der Waals surface area contributed by atoms with Gasteiger partial charge in [0.15, 0.2) is 0 Å². The molecule has 1 aromatic carbocycles. The van der Waals surface area contributed by atoms with Gasteiger partial charge in [-0.2, -0.15) is 0 Å². The van der Waals surface area contributed by atoms with Gasteiger partial charge in [-0.05, 0) is 31.2 Å². The third-order valence-corrected chi connectivity index (χ3v) is 6.51. The Morgan fingerprint density at radius 2 is 1.74 bits per heavy atom. The molecular weight excluding hydrogens is 368 g/mol. The quantitative estimate of drug-likeness (QED) is 0.663. The van der Waals surface area contributed by atoms with Gasteiger partial charge in [0.1, 0.15) is 0 Å². The summed E-state index contributed by atoms with van der Waals surface area (Å²) in [6.07, 6.45) is 1.62. The molecule has 1 aliphatic heterocycles. The van der Waals surface area contributed by atoms with Crippen molar-refractivity contribution in [3.05, 3.63) is 35.9 Å².